The molecule has 0 saturated carbocycles. The van der Waals surface area contributed by atoms with Crippen LogP contribution in [-0.2, 0) is 9.53 Å². The number of ether oxygens (including phenoxy) is 2. The van der Waals surface area contributed by atoms with Gasteiger partial charge in [0.25, 0.3) is 5.91 Å². The van der Waals surface area contributed by atoms with Gasteiger partial charge in [0, 0.05) is 31.1 Å². The predicted molar refractivity (Wildman–Crippen MR) is 117 cm³/mol. The predicted octanol–water partition coefficient (Wildman–Crippen LogP) is 1.62. The number of halogens is 1. The van der Waals surface area contributed by atoms with Crippen molar-refractivity contribution in [3.63, 3.8) is 0 Å². The van der Waals surface area contributed by atoms with Crippen LogP contribution < -0.4 is 15.4 Å². The molecule has 31 heavy (non-hydrogen) atoms. The normalized spacial score (nSPS) is 26.9. The molecule has 0 aromatic heterocycles. The first-order valence-electron chi connectivity index (χ1n) is 10.6. The summed E-state index contributed by atoms with van der Waals surface area (Å²) < 4.78 is 9.99. The van der Waals surface area contributed by atoms with Crippen molar-refractivity contribution in [2.75, 3.05) is 33.9 Å². The van der Waals surface area contributed by atoms with Gasteiger partial charge in [0.1, 0.15) is 5.75 Å². The lowest BCUT2D eigenvalue weighted by atomic mass is 9.72. The fourth-order valence-corrected chi connectivity index (χ4v) is 5.28. The molecule has 4 atom stereocenters. The monoisotopic (exact) mass is 451 g/mol. The van der Waals surface area contributed by atoms with Gasteiger partial charge in [-0.05, 0) is 55.8 Å². The molecule has 2 bridgehead atoms. The Morgan fingerprint density at radius 3 is 2.65 bits per heavy atom. The van der Waals surface area contributed by atoms with Crippen molar-refractivity contribution in [2.45, 2.75) is 37.8 Å². The average molecular weight is 452 g/mol. The first kappa shape index (κ1) is 23.3. The van der Waals surface area contributed by atoms with Crippen LogP contribution in [0.1, 0.15) is 46.4 Å². The Labute approximate surface area is 188 Å². The molecule has 3 aliphatic heterocycles. The molecule has 0 unspecified atom stereocenters. The smallest absolute Gasteiger partial charge is 0.338 e. The fourth-order valence-electron chi connectivity index (χ4n) is 5.28. The van der Waals surface area contributed by atoms with Gasteiger partial charge in [0.2, 0.25) is 5.91 Å². The number of rotatable bonds is 5. The second-order valence-electron chi connectivity index (χ2n) is 8.39. The zero-order valence-electron chi connectivity index (χ0n) is 17.9. The van der Waals surface area contributed by atoms with Gasteiger partial charge >= 0.3 is 5.97 Å². The van der Waals surface area contributed by atoms with Gasteiger partial charge < -0.3 is 25.0 Å². The molecule has 3 fully saturated rings. The number of esters is 1. The zero-order valence-corrected chi connectivity index (χ0v) is 18.7. The summed E-state index contributed by atoms with van der Waals surface area (Å²) in [5.41, 5.74) is 0.581. The third-order valence-electron chi connectivity index (χ3n) is 6.70. The molecule has 170 valence electrons. The Hall–Kier alpha value is -2.32. The highest BCUT2D eigenvalue weighted by molar-refractivity contribution is 5.98. The Bertz CT molecular complexity index is 848. The molecule has 0 radical (unpaired) electrons. The fraction of sp³-hybridized carbons (Fsp3) is 0.591. The van der Waals surface area contributed by atoms with Gasteiger partial charge in [0.15, 0.2) is 0 Å². The van der Waals surface area contributed by atoms with Crippen LogP contribution >= 0.6 is 12.4 Å². The standard InChI is InChI=1S/C22H29N3O5.ClH/c1-29-17-8-13(6-14(9-17)22(28)30-2)21(27)24-12-19-16-7-15(10-23-11-16)18-4-3-5-20(26)25(18)19;/h6,8-9,15-16,18-19,23H,3-5,7,10-12H2,1-2H3,(H,24,27);1H/t15-,16+,18+,19+;/m1./s1. The van der Waals surface area contributed by atoms with E-state index in [1.807, 2.05) is 0 Å². The Balaban J connectivity index is 0.00000272. The summed E-state index contributed by atoms with van der Waals surface area (Å²) in [6.07, 6.45) is 3.66. The number of piperidine rings is 3. The number of nitrogens with one attached hydrogen (secondary N) is 2. The highest BCUT2D eigenvalue weighted by Gasteiger charge is 2.47. The largest absolute Gasteiger partial charge is 0.497 e. The minimum absolute atomic E-state index is 0. The maximum absolute atomic E-state index is 12.9. The minimum atomic E-state index is -0.531. The summed E-state index contributed by atoms with van der Waals surface area (Å²) in [5, 5.41) is 6.50. The molecule has 1 aromatic carbocycles. The second kappa shape index (κ2) is 9.87. The molecular weight excluding hydrogens is 422 g/mol. The molecule has 3 aliphatic rings. The Morgan fingerprint density at radius 2 is 1.90 bits per heavy atom. The highest BCUT2D eigenvalue weighted by Crippen LogP contribution is 2.39. The number of carbonyl (C=O) groups is 3. The van der Waals surface area contributed by atoms with Crippen LogP contribution in [0.2, 0.25) is 0 Å². The molecule has 0 spiro atoms. The number of amides is 2. The van der Waals surface area contributed by atoms with Crippen LogP contribution in [0.15, 0.2) is 18.2 Å². The van der Waals surface area contributed by atoms with E-state index in [1.54, 1.807) is 6.07 Å². The summed E-state index contributed by atoms with van der Waals surface area (Å²) in [7, 11) is 2.77. The maximum atomic E-state index is 12.9. The van der Waals surface area contributed by atoms with Gasteiger partial charge in [0.05, 0.1) is 25.8 Å². The van der Waals surface area contributed by atoms with Crippen LogP contribution in [0.4, 0.5) is 0 Å². The van der Waals surface area contributed by atoms with Crippen molar-refractivity contribution < 1.29 is 23.9 Å². The molecule has 3 saturated heterocycles. The topological polar surface area (TPSA) is 97.0 Å². The van der Waals surface area contributed by atoms with E-state index < -0.39 is 5.97 Å². The van der Waals surface area contributed by atoms with E-state index in [2.05, 4.69) is 15.5 Å². The first-order valence-corrected chi connectivity index (χ1v) is 10.6. The first-order chi connectivity index (χ1) is 14.5. The van der Waals surface area contributed by atoms with E-state index in [9.17, 15) is 14.4 Å². The van der Waals surface area contributed by atoms with Crippen molar-refractivity contribution in [3.05, 3.63) is 29.3 Å². The summed E-state index contributed by atoms with van der Waals surface area (Å²) in [6, 6.07) is 4.88. The van der Waals surface area contributed by atoms with Crippen LogP contribution in [0.25, 0.3) is 0 Å². The van der Waals surface area contributed by atoms with Crippen LogP contribution in [0, 0.1) is 11.8 Å². The zero-order chi connectivity index (χ0) is 21.3. The summed E-state index contributed by atoms with van der Waals surface area (Å²) in [6.45, 7) is 2.22. The molecule has 2 amide bonds. The summed E-state index contributed by atoms with van der Waals surface area (Å²) >= 11 is 0. The van der Waals surface area contributed by atoms with Crippen molar-refractivity contribution in [3.8, 4) is 5.75 Å². The van der Waals surface area contributed by atoms with Crippen molar-refractivity contribution in [1.82, 2.24) is 15.5 Å². The summed E-state index contributed by atoms with van der Waals surface area (Å²) in [4.78, 5) is 39.6. The minimum Gasteiger partial charge on any atom is -0.497 e. The quantitative estimate of drug-likeness (QED) is 0.660. The molecule has 3 heterocycles. The van der Waals surface area contributed by atoms with Gasteiger partial charge in [-0.15, -0.1) is 12.4 Å². The van der Waals surface area contributed by atoms with Gasteiger partial charge in [-0.25, -0.2) is 4.79 Å². The third kappa shape index (κ3) is 4.65. The number of fused-ring (bicyclic) bond motifs is 4. The number of nitrogens with zero attached hydrogens (tertiary/aromatic N) is 1. The SMILES string of the molecule is COC(=O)c1cc(OC)cc(C(=O)NC[C@H]2[C@@H]3CNC[C@@H](C3)[C@@H]3CCCC(=O)N32)c1.Cl. The molecule has 2 N–H and O–H groups in total. The van der Waals surface area contributed by atoms with Crippen LogP contribution in [-0.4, -0.2) is 68.6 Å². The number of hydrogen-bond acceptors (Lipinski definition) is 6. The average Bonchev–Trinajstić information content (AvgIpc) is 2.78. The van der Waals surface area contributed by atoms with E-state index >= 15 is 0 Å². The van der Waals surface area contributed by atoms with E-state index in [-0.39, 0.29) is 41.9 Å². The van der Waals surface area contributed by atoms with Gasteiger partial charge in [-0.2, -0.15) is 0 Å². The lowest BCUT2D eigenvalue weighted by Gasteiger charge is -2.54. The summed E-state index contributed by atoms with van der Waals surface area (Å²) in [5.74, 6) is 0.615. The molecule has 0 aliphatic carbocycles. The van der Waals surface area contributed by atoms with Crippen molar-refractivity contribution in [2.24, 2.45) is 11.8 Å². The molecule has 8 nitrogen and oxygen atoms in total. The van der Waals surface area contributed by atoms with Crippen LogP contribution in [0.3, 0.4) is 0 Å². The van der Waals surface area contributed by atoms with E-state index in [0.29, 0.717) is 36.1 Å². The third-order valence-corrected chi connectivity index (χ3v) is 6.70. The van der Waals surface area contributed by atoms with Gasteiger partial charge in [-0.1, -0.05) is 0 Å². The van der Waals surface area contributed by atoms with Crippen LogP contribution in [0.5, 0.6) is 5.75 Å². The molecule has 4 rings (SSSR count). The molecule has 1 aromatic rings. The van der Waals surface area contributed by atoms with Crippen molar-refractivity contribution in [1.29, 1.82) is 0 Å². The maximum Gasteiger partial charge on any atom is 0.338 e. The van der Waals surface area contributed by atoms with E-state index in [4.69, 9.17) is 9.47 Å². The number of hydrogen-bond donors (Lipinski definition) is 2. The van der Waals surface area contributed by atoms with Gasteiger partial charge in [-0.3, -0.25) is 9.59 Å². The number of methoxy groups -OCH3 is 2. The lowest BCUT2D eigenvalue weighted by Crippen LogP contribution is -2.66. The molecule has 9 heteroatoms. The van der Waals surface area contributed by atoms with E-state index in [0.717, 1.165) is 32.4 Å². The number of carbonyl (C=O) groups excluding carboxylic acids is 3. The number of benzene rings is 1. The van der Waals surface area contributed by atoms with Crippen molar-refractivity contribution >= 4 is 30.2 Å². The van der Waals surface area contributed by atoms with E-state index in [1.165, 1.54) is 26.4 Å². The Morgan fingerprint density at radius 1 is 1.16 bits per heavy atom. The lowest BCUT2D eigenvalue weighted by molar-refractivity contribution is -0.148. The molecular formula is C22H30ClN3O5. The second-order valence-corrected chi connectivity index (χ2v) is 8.39. The Kier molecular flexibility index (Phi) is 7.43. The highest BCUT2D eigenvalue weighted by atomic mass is 35.5.